The Kier molecular flexibility index (Phi) is 4.70. The van der Waals surface area contributed by atoms with Crippen LogP contribution in [-0.4, -0.2) is 44.3 Å². The molecule has 0 aromatic heterocycles. The molecule has 1 aromatic carbocycles. The van der Waals surface area contributed by atoms with Crippen molar-refractivity contribution < 1.29 is 26.7 Å². The van der Waals surface area contributed by atoms with Gasteiger partial charge >= 0.3 is 0 Å². The monoisotopic (exact) mass is 284 g/mol. The highest BCUT2D eigenvalue weighted by Crippen LogP contribution is 2.30. The van der Waals surface area contributed by atoms with E-state index in [1.165, 1.54) is 38.0 Å². The maximum absolute atomic E-state index is 13.4. The third-order valence-electron chi connectivity index (χ3n) is 2.28. The fourth-order valence-corrected chi connectivity index (χ4v) is 1.47. The Morgan fingerprint density at radius 1 is 0.684 bits per heavy atom. The molecule has 0 aliphatic carbocycles. The van der Waals surface area contributed by atoms with Gasteiger partial charge in [0.25, 0.3) is 0 Å². The maximum atomic E-state index is 13.4. The van der Waals surface area contributed by atoms with Crippen LogP contribution in [0.15, 0.2) is 0 Å². The summed E-state index contributed by atoms with van der Waals surface area (Å²) in [6, 6.07) is 0. The van der Waals surface area contributed by atoms with Crippen LogP contribution in [0.3, 0.4) is 0 Å². The second kappa shape index (κ2) is 5.70. The molecule has 0 radical (unpaired) electrons. The molecule has 0 bridgehead atoms. The molecule has 0 amide bonds. The molecule has 0 saturated heterocycles. The zero-order valence-electron chi connectivity index (χ0n) is 10.8. The number of ether oxygens (including phenoxy) is 1. The highest BCUT2D eigenvalue weighted by atomic mass is 19.2. The van der Waals surface area contributed by atoms with Gasteiger partial charge in [-0.3, -0.25) is 9.80 Å². The predicted molar refractivity (Wildman–Crippen MR) is 58.0 cm³/mol. The Morgan fingerprint density at radius 2 is 1.00 bits per heavy atom. The highest BCUT2D eigenvalue weighted by Gasteiger charge is 2.29. The molecule has 0 N–H and O–H groups in total. The summed E-state index contributed by atoms with van der Waals surface area (Å²) in [6.45, 7) is 0. The zero-order valence-corrected chi connectivity index (χ0v) is 10.8. The Balaban J connectivity index is 3.28. The number of benzene rings is 1. The third-order valence-corrected chi connectivity index (χ3v) is 2.28. The van der Waals surface area contributed by atoms with Crippen molar-refractivity contribution in [1.82, 2.24) is 9.80 Å². The molecule has 0 atom stereocenters. The second-order valence-electron chi connectivity index (χ2n) is 4.27. The molecule has 0 aliphatic rings. The standard InChI is InChI=1S/C11H13F5N2O/c1-17(2)11(18(3)4)19-10-8(15)6(13)5(12)7(14)9(10)16/h11H,1-4H3. The minimum Gasteiger partial charge on any atom is -0.455 e. The summed E-state index contributed by atoms with van der Waals surface area (Å²) in [5.41, 5.74) is 0. The lowest BCUT2D eigenvalue weighted by atomic mass is 10.2. The summed E-state index contributed by atoms with van der Waals surface area (Å²) < 4.78 is 70.5. The molecule has 108 valence electrons. The molecule has 8 heteroatoms. The summed E-state index contributed by atoms with van der Waals surface area (Å²) in [5, 5.41) is 0. The fourth-order valence-electron chi connectivity index (χ4n) is 1.47. The van der Waals surface area contributed by atoms with Crippen LogP contribution < -0.4 is 4.74 Å². The number of halogens is 5. The van der Waals surface area contributed by atoms with Crippen LogP contribution >= 0.6 is 0 Å². The largest absolute Gasteiger partial charge is 0.455 e. The molecule has 1 rings (SSSR count). The third kappa shape index (κ3) is 2.95. The van der Waals surface area contributed by atoms with Crippen LogP contribution in [0.1, 0.15) is 0 Å². The van der Waals surface area contributed by atoms with Crippen LogP contribution in [0.25, 0.3) is 0 Å². The van der Waals surface area contributed by atoms with Gasteiger partial charge in [0.05, 0.1) is 0 Å². The fraction of sp³-hybridized carbons (Fsp3) is 0.455. The lowest BCUT2D eigenvalue weighted by Crippen LogP contribution is -2.45. The minimum absolute atomic E-state index is 0.992. The molecular formula is C11H13F5N2O. The summed E-state index contributed by atoms with van der Waals surface area (Å²) in [7, 11) is 6.10. The van der Waals surface area contributed by atoms with E-state index in [2.05, 4.69) is 0 Å². The van der Waals surface area contributed by atoms with E-state index < -0.39 is 41.2 Å². The first-order chi connectivity index (χ1) is 8.68. The van der Waals surface area contributed by atoms with Gasteiger partial charge in [-0.1, -0.05) is 0 Å². The summed E-state index contributed by atoms with van der Waals surface area (Å²) in [5.74, 6) is -11.6. The van der Waals surface area contributed by atoms with Crippen molar-refractivity contribution >= 4 is 0 Å². The van der Waals surface area contributed by atoms with Gasteiger partial charge in [0.2, 0.25) is 41.2 Å². The van der Waals surface area contributed by atoms with Crippen molar-refractivity contribution in [3.05, 3.63) is 29.1 Å². The summed E-state index contributed by atoms with van der Waals surface area (Å²) >= 11 is 0. The molecule has 0 spiro atoms. The lowest BCUT2D eigenvalue weighted by molar-refractivity contribution is -0.0491. The van der Waals surface area contributed by atoms with Crippen LogP contribution in [0.5, 0.6) is 5.75 Å². The van der Waals surface area contributed by atoms with Gasteiger partial charge in [-0.15, -0.1) is 0 Å². The normalized spacial score (nSPS) is 11.8. The molecule has 0 fully saturated rings. The Bertz CT molecular complexity index is 442. The van der Waals surface area contributed by atoms with Crippen molar-refractivity contribution in [3.8, 4) is 5.75 Å². The predicted octanol–water partition coefficient (Wildman–Crippen LogP) is 2.17. The van der Waals surface area contributed by atoms with E-state index in [0.29, 0.717) is 0 Å². The maximum Gasteiger partial charge on any atom is 0.211 e. The van der Waals surface area contributed by atoms with Crippen LogP contribution in [0, 0.1) is 29.1 Å². The number of hydrogen-bond acceptors (Lipinski definition) is 3. The molecule has 3 nitrogen and oxygen atoms in total. The van der Waals surface area contributed by atoms with Crippen molar-refractivity contribution in [3.63, 3.8) is 0 Å². The molecule has 0 saturated carbocycles. The van der Waals surface area contributed by atoms with Gasteiger partial charge in [-0.05, 0) is 28.2 Å². The molecule has 0 aliphatic heterocycles. The quantitative estimate of drug-likeness (QED) is 0.365. The molecule has 1 aromatic rings. The van der Waals surface area contributed by atoms with Crippen molar-refractivity contribution in [2.45, 2.75) is 6.35 Å². The molecule has 19 heavy (non-hydrogen) atoms. The van der Waals surface area contributed by atoms with E-state index in [-0.39, 0.29) is 0 Å². The minimum atomic E-state index is -2.21. The van der Waals surface area contributed by atoms with E-state index >= 15 is 0 Å². The summed E-state index contributed by atoms with van der Waals surface area (Å²) in [4.78, 5) is 2.80. The number of nitrogens with zero attached hydrogens (tertiary/aromatic N) is 2. The van der Waals surface area contributed by atoms with Crippen molar-refractivity contribution in [1.29, 1.82) is 0 Å². The Labute approximate surface area is 107 Å². The van der Waals surface area contributed by atoms with Gasteiger partial charge in [-0.2, -0.15) is 8.78 Å². The van der Waals surface area contributed by atoms with E-state index in [1.54, 1.807) is 0 Å². The number of hydrogen-bond donors (Lipinski definition) is 0. The van der Waals surface area contributed by atoms with Crippen LogP contribution in [0.2, 0.25) is 0 Å². The van der Waals surface area contributed by atoms with Gasteiger partial charge < -0.3 is 4.74 Å². The van der Waals surface area contributed by atoms with E-state index in [4.69, 9.17) is 4.74 Å². The highest BCUT2D eigenvalue weighted by molar-refractivity contribution is 5.29. The average Bonchev–Trinajstić information content (AvgIpc) is 2.33. The first-order valence-electron chi connectivity index (χ1n) is 5.19. The van der Waals surface area contributed by atoms with Crippen molar-refractivity contribution in [2.75, 3.05) is 28.2 Å². The second-order valence-corrected chi connectivity index (χ2v) is 4.27. The smallest absolute Gasteiger partial charge is 0.211 e. The van der Waals surface area contributed by atoms with Gasteiger partial charge in [0.1, 0.15) is 0 Å². The van der Waals surface area contributed by atoms with E-state index in [9.17, 15) is 22.0 Å². The summed E-state index contributed by atoms with van der Waals surface area (Å²) in [6.07, 6.45) is -0.992. The molecular weight excluding hydrogens is 271 g/mol. The first kappa shape index (κ1) is 15.6. The molecule has 0 heterocycles. The van der Waals surface area contributed by atoms with Gasteiger partial charge in [-0.25, -0.2) is 13.2 Å². The Morgan fingerprint density at radius 3 is 1.32 bits per heavy atom. The van der Waals surface area contributed by atoms with Crippen LogP contribution in [0.4, 0.5) is 22.0 Å². The molecule has 0 unspecified atom stereocenters. The van der Waals surface area contributed by atoms with E-state index in [0.717, 1.165) is 0 Å². The lowest BCUT2D eigenvalue weighted by Gasteiger charge is -2.30. The Hall–Kier alpha value is -1.41. The van der Waals surface area contributed by atoms with E-state index in [1.807, 2.05) is 0 Å². The first-order valence-corrected chi connectivity index (χ1v) is 5.19. The van der Waals surface area contributed by atoms with Gasteiger partial charge in [0.15, 0.2) is 0 Å². The zero-order chi connectivity index (χ0) is 14.9. The SMILES string of the molecule is CN(C)C(Oc1c(F)c(F)c(F)c(F)c1F)N(C)C. The van der Waals surface area contributed by atoms with Crippen LogP contribution in [-0.2, 0) is 0 Å². The van der Waals surface area contributed by atoms with Crippen molar-refractivity contribution in [2.24, 2.45) is 0 Å². The topological polar surface area (TPSA) is 15.7 Å². The number of rotatable bonds is 4. The average molecular weight is 284 g/mol. The van der Waals surface area contributed by atoms with Gasteiger partial charge in [0, 0.05) is 0 Å².